The molecule has 1 amide bonds. The Labute approximate surface area is 178 Å². The number of non-ortho nitro benzene ring substituents is 2. The summed E-state index contributed by atoms with van der Waals surface area (Å²) in [5.74, 6) is -0.564. The highest BCUT2D eigenvalue weighted by Gasteiger charge is 2.26. The number of hydrogen-bond donors (Lipinski definition) is 1. The van der Waals surface area contributed by atoms with Crippen LogP contribution in [0.1, 0.15) is 51.5 Å². The number of aryl methyl sites for hydroxylation is 3. The molecule has 0 aliphatic heterocycles. The molecule has 0 radical (unpaired) electrons. The number of rotatable bonds is 4. The standard InChI is InChI=1S/C23H21N3O5/c1-13-8-16-7-6-15-4-3-5-21(22(15)20(16)9-14(13)2)24-23(27)17-10-18(25(28)29)12-19(11-17)26(30)31/h6-12,21H,3-5H2,1-2H3,(H,24,27)/t21-/m1/s1. The Kier molecular flexibility index (Phi) is 5.14. The van der Waals surface area contributed by atoms with E-state index in [1.165, 1.54) is 5.56 Å². The molecule has 8 nitrogen and oxygen atoms in total. The first kappa shape index (κ1) is 20.5. The quantitative estimate of drug-likeness (QED) is 0.468. The fourth-order valence-electron chi connectivity index (χ4n) is 4.26. The van der Waals surface area contributed by atoms with Gasteiger partial charge in [0.2, 0.25) is 0 Å². The SMILES string of the molecule is Cc1cc2ccc3c(c2cc1C)[C@H](NC(=O)c1cc([N+](=O)[O-])cc([N+](=O)[O-])c1)CCC3. The molecule has 0 saturated heterocycles. The molecule has 0 heterocycles. The van der Waals surface area contributed by atoms with E-state index < -0.39 is 27.1 Å². The van der Waals surface area contributed by atoms with E-state index in [1.807, 2.05) is 6.92 Å². The summed E-state index contributed by atoms with van der Waals surface area (Å²) in [7, 11) is 0. The normalized spacial score (nSPS) is 15.4. The van der Waals surface area contributed by atoms with E-state index in [-0.39, 0.29) is 11.6 Å². The highest BCUT2D eigenvalue weighted by Crippen LogP contribution is 2.37. The fourth-order valence-corrected chi connectivity index (χ4v) is 4.26. The molecule has 1 aliphatic carbocycles. The molecule has 0 fully saturated rings. The lowest BCUT2D eigenvalue weighted by Gasteiger charge is -2.28. The molecule has 1 atom stereocenters. The lowest BCUT2D eigenvalue weighted by atomic mass is 9.83. The third-order valence-electron chi connectivity index (χ3n) is 5.95. The van der Waals surface area contributed by atoms with Gasteiger partial charge in [-0.3, -0.25) is 25.0 Å². The summed E-state index contributed by atoms with van der Waals surface area (Å²) in [6.07, 6.45) is 2.53. The summed E-state index contributed by atoms with van der Waals surface area (Å²) in [6.45, 7) is 4.11. The molecule has 1 N–H and O–H groups in total. The van der Waals surface area contributed by atoms with E-state index in [0.717, 1.165) is 64.9 Å². The van der Waals surface area contributed by atoms with E-state index in [0.29, 0.717) is 0 Å². The molecule has 0 bridgehead atoms. The van der Waals surface area contributed by atoms with Gasteiger partial charge in [-0.2, -0.15) is 0 Å². The van der Waals surface area contributed by atoms with Crippen molar-refractivity contribution in [1.29, 1.82) is 0 Å². The monoisotopic (exact) mass is 419 g/mol. The van der Waals surface area contributed by atoms with Gasteiger partial charge in [-0.25, -0.2) is 0 Å². The van der Waals surface area contributed by atoms with Crippen LogP contribution in [0.25, 0.3) is 10.8 Å². The van der Waals surface area contributed by atoms with Gasteiger partial charge in [-0.15, -0.1) is 0 Å². The van der Waals surface area contributed by atoms with Gasteiger partial charge in [0.15, 0.2) is 0 Å². The van der Waals surface area contributed by atoms with E-state index in [1.54, 1.807) is 0 Å². The van der Waals surface area contributed by atoms with Crippen LogP contribution >= 0.6 is 0 Å². The second kappa shape index (κ2) is 7.79. The zero-order valence-corrected chi connectivity index (χ0v) is 17.2. The number of nitrogens with one attached hydrogen (secondary N) is 1. The summed E-state index contributed by atoms with van der Waals surface area (Å²) in [4.78, 5) is 33.8. The summed E-state index contributed by atoms with van der Waals surface area (Å²) >= 11 is 0. The van der Waals surface area contributed by atoms with E-state index in [4.69, 9.17) is 0 Å². The molecule has 158 valence electrons. The highest BCUT2D eigenvalue weighted by atomic mass is 16.6. The average Bonchev–Trinajstić information content (AvgIpc) is 2.74. The molecule has 8 heteroatoms. The van der Waals surface area contributed by atoms with Crippen molar-refractivity contribution >= 4 is 28.1 Å². The van der Waals surface area contributed by atoms with Gasteiger partial charge in [0, 0.05) is 12.1 Å². The minimum absolute atomic E-state index is 0.0970. The van der Waals surface area contributed by atoms with Crippen LogP contribution in [0.3, 0.4) is 0 Å². The van der Waals surface area contributed by atoms with Crippen molar-refractivity contribution in [2.24, 2.45) is 0 Å². The van der Waals surface area contributed by atoms with Crippen LogP contribution in [0.15, 0.2) is 42.5 Å². The second-order valence-electron chi connectivity index (χ2n) is 7.97. The number of nitro benzene ring substituents is 2. The van der Waals surface area contributed by atoms with E-state index in [9.17, 15) is 25.0 Å². The summed E-state index contributed by atoms with van der Waals surface area (Å²) in [5, 5.41) is 27.5. The van der Waals surface area contributed by atoms with Gasteiger partial charge in [0.1, 0.15) is 0 Å². The van der Waals surface area contributed by atoms with Crippen LogP contribution in [0, 0.1) is 34.1 Å². The Morgan fingerprint density at radius 1 is 0.968 bits per heavy atom. The molecular weight excluding hydrogens is 398 g/mol. The predicted octanol–water partition coefficient (Wildman–Crippen LogP) is 5.08. The molecule has 0 saturated carbocycles. The topological polar surface area (TPSA) is 115 Å². The van der Waals surface area contributed by atoms with Crippen molar-refractivity contribution in [3.05, 3.63) is 90.5 Å². The van der Waals surface area contributed by atoms with Gasteiger partial charge < -0.3 is 5.32 Å². The highest BCUT2D eigenvalue weighted by molar-refractivity contribution is 5.96. The Bertz CT molecular complexity index is 1220. The molecule has 1 aliphatic rings. The maximum atomic E-state index is 13.0. The van der Waals surface area contributed by atoms with Crippen LogP contribution in [0.4, 0.5) is 11.4 Å². The van der Waals surface area contributed by atoms with Crippen molar-refractivity contribution in [2.75, 3.05) is 0 Å². The number of benzene rings is 3. The number of amides is 1. The largest absolute Gasteiger partial charge is 0.345 e. The van der Waals surface area contributed by atoms with Crippen molar-refractivity contribution in [1.82, 2.24) is 5.32 Å². The van der Waals surface area contributed by atoms with Crippen molar-refractivity contribution in [3.8, 4) is 0 Å². The van der Waals surface area contributed by atoms with E-state index >= 15 is 0 Å². The van der Waals surface area contributed by atoms with Gasteiger partial charge in [0.25, 0.3) is 17.3 Å². The zero-order chi connectivity index (χ0) is 22.3. The number of carbonyl (C=O) groups excluding carboxylic acids is 1. The number of fused-ring (bicyclic) bond motifs is 3. The van der Waals surface area contributed by atoms with Gasteiger partial charge in [0.05, 0.1) is 27.5 Å². The summed E-state index contributed by atoms with van der Waals surface area (Å²) < 4.78 is 0. The second-order valence-corrected chi connectivity index (χ2v) is 7.97. The number of carbonyl (C=O) groups is 1. The summed E-state index contributed by atoms with van der Waals surface area (Å²) in [5.41, 5.74) is 3.50. The zero-order valence-electron chi connectivity index (χ0n) is 17.2. The van der Waals surface area contributed by atoms with Crippen molar-refractivity contribution in [3.63, 3.8) is 0 Å². The first-order valence-corrected chi connectivity index (χ1v) is 10.0. The molecular formula is C23H21N3O5. The Morgan fingerprint density at radius 2 is 1.61 bits per heavy atom. The van der Waals surface area contributed by atoms with Crippen molar-refractivity contribution < 1.29 is 14.6 Å². The Balaban J connectivity index is 1.74. The number of nitrogens with zero attached hydrogens (tertiary/aromatic N) is 2. The average molecular weight is 419 g/mol. The smallest absolute Gasteiger partial charge is 0.277 e. The van der Waals surface area contributed by atoms with Crippen LogP contribution in [0.5, 0.6) is 0 Å². The molecule has 0 unspecified atom stereocenters. The van der Waals surface area contributed by atoms with Crippen LogP contribution < -0.4 is 5.32 Å². The van der Waals surface area contributed by atoms with Gasteiger partial charge in [-0.1, -0.05) is 24.3 Å². The molecule has 0 spiro atoms. The van der Waals surface area contributed by atoms with Crippen molar-refractivity contribution in [2.45, 2.75) is 39.2 Å². The van der Waals surface area contributed by atoms with Crippen LogP contribution in [-0.2, 0) is 6.42 Å². The minimum Gasteiger partial charge on any atom is -0.345 e. The number of nitro groups is 2. The van der Waals surface area contributed by atoms with Crippen LogP contribution in [-0.4, -0.2) is 15.8 Å². The Morgan fingerprint density at radius 3 is 2.26 bits per heavy atom. The molecule has 31 heavy (non-hydrogen) atoms. The number of hydrogen-bond acceptors (Lipinski definition) is 5. The first-order chi connectivity index (χ1) is 14.7. The first-order valence-electron chi connectivity index (χ1n) is 10.0. The summed E-state index contributed by atoms with van der Waals surface area (Å²) in [6, 6.07) is 11.2. The molecule has 4 rings (SSSR count). The maximum Gasteiger partial charge on any atom is 0.277 e. The minimum atomic E-state index is -0.738. The van der Waals surface area contributed by atoms with Crippen LogP contribution in [0.2, 0.25) is 0 Å². The molecule has 0 aromatic heterocycles. The van der Waals surface area contributed by atoms with E-state index in [2.05, 4.69) is 36.5 Å². The Hall–Kier alpha value is -3.81. The predicted molar refractivity (Wildman–Crippen MR) is 116 cm³/mol. The lowest BCUT2D eigenvalue weighted by Crippen LogP contribution is -2.31. The third kappa shape index (κ3) is 3.84. The maximum absolute atomic E-state index is 13.0. The molecule has 3 aromatic carbocycles. The third-order valence-corrected chi connectivity index (χ3v) is 5.95. The molecule has 3 aromatic rings. The fraction of sp³-hybridized carbons (Fsp3) is 0.261. The van der Waals surface area contributed by atoms with Gasteiger partial charge >= 0.3 is 0 Å². The van der Waals surface area contributed by atoms with Gasteiger partial charge in [-0.05, 0) is 66.1 Å². The lowest BCUT2D eigenvalue weighted by molar-refractivity contribution is -0.394.